The molecule has 0 aromatic carbocycles. The molecule has 2 unspecified atom stereocenters. The minimum absolute atomic E-state index is 0.130. The third-order valence-corrected chi connectivity index (χ3v) is 3.89. The molecule has 0 saturated heterocycles. The summed E-state index contributed by atoms with van der Waals surface area (Å²) >= 11 is 0. The first-order valence-electron chi connectivity index (χ1n) is 6.61. The third kappa shape index (κ3) is 3.21. The van der Waals surface area contributed by atoms with Crippen molar-refractivity contribution in [2.75, 3.05) is 6.54 Å². The Morgan fingerprint density at radius 2 is 2.19 bits per heavy atom. The molecule has 0 amide bonds. The van der Waals surface area contributed by atoms with Crippen molar-refractivity contribution in [3.63, 3.8) is 0 Å². The van der Waals surface area contributed by atoms with E-state index in [0.29, 0.717) is 5.92 Å². The normalized spacial score (nSPS) is 30.2. The molecule has 1 aliphatic carbocycles. The van der Waals surface area contributed by atoms with Gasteiger partial charge in [0.25, 0.3) is 0 Å². The highest BCUT2D eigenvalue weighted by molar-refractivity contribution is 5.68. The summed E-state index contributed by atoms with van der Waals surface area (Å²) in [6.07, 6.45) is 7.07. The van der Waals surface area contributed by atoms with Crippen LogP contribution in [0.2, 0.25) is 0 Å². The van der Waals surface area contributed by atoms with Gasteiger partial charge >= 0.3 is 5.97 Å². The molecule has 0 aromatic heterocycles. The average Bonchev–Trinajstić information content (AvgIpc) is 2.26. The van der Waals surface area contributed by atoms with Crippen molar-refractivity contribution in [2.24, 2.45) is 5.92 Å². The first kappa shape index (κ1) is 13.5. The van der Waals surface area contributed by atoms with Crippen LogP contribution >= 0.6 is 0 Å². The summed E-state index contributed by atoms with van der Waals surface area (Å²) in [4.78, 5) is 11.1. The summed E-state index contributed by atoms with van der Waals surface area (Å²) in [7, 11) is 0. The second kappa shape index (κ2) is 6.24. The standard InChI is InChI=1S/C13H25NO2/c1-3-9-14-13(10-12(15)16)8-6-5-7-11(13)4-2/h11,14H,3-10H2,1-2H3,(H,15,16). The van der Waals surface area contributed by atoms with Gasteiger partial charge in [0.05, 0.1) is 6.42 Å². The van der Waals surface area contributed by atoms with Gasteiger partial charge in [-0.1, -0.05) is 33.1 Å². The van der Waals surface area contributed by atoms with Crippen LogP contribution in [0.15, 0.2) is 0 Å². The van der Waals surface area contributed by atoms with Gasteiger partial charge in [0.1, 0.15) is 0 Å². The molecule has 3 heteroatoms. The van der Waals surface area contributed by atoms with Crippen LogP contribution in [0.25, 0.3) is 0 Å². The van der Waals surface area contributed by atoms with E-state index in [9.17, 15) is 4.79 Å². The summed E-state index contributed by atoms with van der Waals surface area (Å²) in [5, 5.41) is 12.6. The van der Waals surface area contributed by atoms with Crippen LogP contribution in [-0.4, -0.2) is 23.2 Å². The first-order valence-corrected chi connectivity index (χ1v) is 6.61. The fourth-order valence-corrected chi connectivity index (χ4v) is 3.08. The fourth-order valence-electron chi connectivity index (χ4n) is 3.08. The molecule has 1 aliphatic rings. The minimum Gasteiger partial charge on any atom is -0.481 e. The van der Waals surface area contributed by atoms with E-state index in [0.717, 1.165) is 25.8 Å². The molecule has 0 bridgehead atoms. The SMILES string of the molecule is CCCNC1(CC(=O)O)CCCCC1CC. The van der Waals surface area contributed by atoms with Crippen LogP contribution < -0.4 is 5.32 Å². The van der Waals surface area contributed by atoms with Crippen molar-refractivity contribution in [2.45, 2.75) is 64.3 Å². The maximum atomic E-state index is 11.1. The highest BCUT2D eigenvalue weighted by atomic mass is 16.4. The summed E-state index contributed by atoms with van der Waals surface area (Å²) in [5.41, 5.74) is -0.130. The first-order chi connectivity index (χ1) is 7.64. The van der Waals surface area contributed by atoms with Crippen LogP contribution in [0.1, 0.15) is 58.8 Å². The lowest BCUT2D eigenvalue weighted by molar-refractivity contribution is -0.140. The Morgan fingerprint density at radius 1 is 1.44 bits per heavy atom. The van der Waals surface area contributed by atoms with Gasteiger partial charge in [-0.2, -0.15) is 0 Å². The van der Waals surface area contributed by atoms with Crippen molar-refractivity contribution >= 4 is 5.97 Å². The molecular formula is C13H25NO2. The van der Waals surface area contributed by atoms with Crippen LogP contribution in [0.4, 0.5) is 0 Å². The van der Waals surface area contributed by atoms with Crippen LogP contribution in [0.5, 0.6) is 0 Å². The second-order valence-corrected chi connectivity index (χ2v) is 5.00. The number of carboxylic acids is 1. The average molecular weight is 227 g/mol. The molecule has 94 valence electrons. The molecule has 16 heavy (non-hydrogen) atoms. The lowest BCUT2D eigenvalue weighted by Crippen LogP contribution is -2.54. The van der Waals surface area contributed by atoms with Crippen molar-refractivity contribution < 1.29 is 9.90 Å². The number of carbonyl (C=O) groups is 1. The maximum Gasteiger partial charge on any atom is 0.305 e. The van der Waals surface area contributed by atoms with E-state index in [1.807, 2.05) is 0 Å². The Bertz CT molecular complexity index is 230. The molecule has 0 aliphatic heterocycles. The predicted octanol–water partition coefficient (Wildman–Crippen LogP) is 2.80. The van der Waals surface area contributed by atoms with Gasteiger partial charge in [0.2, 0.25) is 0 Å². The number of carboxylic acid groups (broad SMARTS) is 1. The number of rotatable bonds is 6. The topological polar surface area (TPSA) is 49.3 Å². The van der Waals surface area contributed by atoms with Gasteiger partial charge in [-0.3, -0.25) is 4.79 Å². The van der Waals surface area contributed by atoms with Crippen LogP contribution in [-0.2, 0) is 4.79 Å². The Kier molecular flexibility index (Phi) is 5.26. The molecule has 0 radical (unpaired) electrons. The van der Waals surface area contributed by atoms with E-state index in [1.54, 1.807) is 0 Å². The van der Waals surface area contributed by atoms with Crippen LogP contribution in [0, 0.1) is 5.92 Å². The smallest absolute Gasteiger partial charge is 0.305 e. The second-order valence-electron chi connectivity index (χ2n) is 5.00. The molecule has 2 N–H and O–H groups in total. The maximum absolute atomic E-state index is 11.1. The molecule has 2 atom stereocenters. The largest absolute Gasteiger partial charge is 0.481 e. The predicted molar refractivity (Wildman–Crippen MR) is 65.5 cm³/mol. The third-order valence-electron chi connectivity index (χ3n) is 3.89. The van der Waals surface area contributed by atoms with Gasteiger partial charge < -0.3 is 10.4 Å². The summed E-state index contributed by atoms with van der Waals surface area (Å²) < 4.78 is 0. The van der Waals surface area contributed by atoms with E-state index in [1.165, 1.54) is 19.3 Å². The number of aliphatic carboxylic acids is 1. The van der Waals surface area contributed by atoms with Gasteiger partial charge in [-0.05, 0) is 31.7 Å². The van der Waals surface area contributed by atoms with E-state index in [2.05, 4.69) is 19.2 Å². The molecule has 0 heterocycles. The zero-order chi connectivity index (χ0) is 12.0. The highest BCUT2D eigenvalue weighted by Gasteiger charge is 2.40. The number of nitrogens with one attached hydrogen (secondary N) is 1. The fraction of sp³-hybridized carbons (Fsp3) is 0.923. The van der Waals surface area contributed by atoms with Gasteiger partial charge in [-0.25, -0.2) is 0 Å². The highest BCUT2D eigenvalue weighted by Crippen LogP contribution is 2.38. The quantitative estimate of drug-likeness (QED) is 0.733. The molecule has 1 rings (SSSR count). The van der Waals surface area contributed by atoms with E-state index >= 15 is 0 Å². The number of hydrogen-bond acceptors (Lipinski definition) is 2. The van der Waals surface area contributed by atoms with Crippen LogP contribution in [0.3, 0.4) is 0 Å². The number of hydrogen-bond donors (Lipinski definition) is 2. The van der Waals surface area contributed by atoms with E-state index < -0.39 is 5.97 Å². The van der Waals surface area contributed by atoms with Gasteiger partial charge in [0.15, 0.2) is 0 Å². The van der Waals surface area contributed by atoms with E-state index in [-0.39, 0.29) is 12.0 Å². The Labute approximate surface area is 98.6 Å². The van der Waals surface area contributed by atoms with Crippen molar-refractivity contribution in [3.05, 3.63) is 0 Å². The molecule has 0 spiro atoms. The Morgan fingerprint density at radius 3 is 2.75 bits per heavy atom. The molecular weight excluding hydrogens is 202 g/mol. The van der Waals surface area contributed by atoms with Gasteiger partial charge in [-0.15, -0.1) is 0 Å². The molecule has 0 aromatic rings. The van der Waals surface area contributed by atoms with Crippen molar-refractivity contribution in [1.29, 1.82) is 0 Å². The van der Waals surface area contributed by atoms with Gasteiger partial charge in [0, 0.05) is 5.54 Å². The molecule has 1 saturated carbocycles. The molecule has 3 nitrogen and oxygen atoms in total. The summed E-state index contributed by atoms with van der Waals surface area (Å²) in [5.74, 6) is -0.132. The zero-order valence-electron chi connectivity index (χ0n) is 10.6. The Balaban J connectivity index is 2.75. The lowest BCUT2D eigenvalue weighted by atomic mass is 9.69. The van der Waals surface area contributed by atoms with Crippen molar-refractivity contribution in [1.82, 2.24) is 5.32 Å². The van der Waals surface area contributed by atoms with Crippen molar-refractivity contribution in [3.8, 4) is 0 Å². The lowest BCUT2D eigenvalue weighted by Gasteiger charge is -2.44. The van der Waals surface area contributed by atoms with E-state index in [4.69, 9.17) is 5.11 Å². The monoisotopic (exact) mass is 227 g/mol. The zero-order valence-corrected chi connectivity index (χ0v) is 10.6. The summed E-state index contributed by atoms with van der Waals surface area (Å²) in [6.45, 7) is 5.25. The minimum atomic E-state index is -0.663. The Hall–Kier alpha value is -0.570. The summed E-state index contributed by atoms with van der Waals surface area (Å²) in [6, 6.07) is 0. The molecule has 1 fully saturated rings.